The lowest BCUT2D eigenvalue weighted by Crippen LogP contribution is -2.46. The first-order valence-electron chi connectivity index (χ1n) is 7.46. The number of nitrogens with zero attached hydrogens (tertiary/aromatic N) is 3. The Kier molecular flexibility index (Phi) is 4.05. The van der Waals surface area contributed by atoms with E-state index < -0.39 is 0 Å². The summed E-state index contributed by atoms with van der Waals surface area (Å²) in [6.45, 7) is 8.03. The molecule has 4 nitrogen and oxygen atoms in total. The number of nitrogens with one attached hydrogen (secondary N) is 1. The van der Waals surface area contributed by atoms with Gasteiger partial charge in [0.2, 0.25) is 0 Å². The first kappa shape index (κ1) is 13.3. The highest BCUT2D eigenvalue weighted by atomic mass is 32.1. The number of fused-ring (bicyclic) bond motifs is 1. The van der Waals surface area contributed by atoms with Crippen LogP contribution in [0.5, 0.6) is 0 Å². The molecule has 1 N–H and O–H groups in total. The highest BCUT2D eigenvalue weighted by Gasteiger charge is 2.26. The number of rotatable bonds is 3. The molecule has 1 aliphatic heterocycles. The normalized spacial score (nSPS) is 24.5. The van der Waals surface area contributed by atoms with Crippen molar-refractivity contribution in [3.05, 3.63) is 10.6 Å². The fraction of sp³-hybridized carbons (Fsp3) is 0.786. The van der Waals surface area contributed by atoms with E-state index in [4.69, 9.17) is 4.98 Å². The highest BCUT2D eigenvalue weighted by Crippen LogP contribution is 2.37. The predicted molar refractivity (Wildman–Crippen MR) is 81.2 cm³/mol. The standard InChI is InChI=1S/C14H24N4S/c1-3-17-7-9-18(10-8-17)14-16-12-6-4-5-11(15-2)13(12)19-14/h11,15H,3-10H2,1-2H3. The topological polar surface area (TPSA) is 31.4 Å². The zero-order chi connectivity index (χ0) is 13.2. The van der Waals surface area contributed by atoms with Crippen LogP contribution < -0.4 is 10.2 Å². The molecule has 1 aliphatic carbocycles. The summed E-state index contributed by atoms with van der Waals surface area (Å²) in [5.41, 5.74) is 1.35. The Bertz CT molecular complexity index is 423. The average molecular weight is 280 g/mol. The molecule has 1 aromatic heterocycles. The molecule has 19 heavy (non-hydrogen) atoms. The van der Waals surface area contributed by atoms with Crippen molar-refractivity contribution in [3.63, 3.8) is 0 Å². The number of thiazole rings is 1. The van der Waals surface area contributed by atoms with E-state index >= 15 is 0 Å². The Balaban J connectivity index is 1.74. The third kappa shape index (κ3) is 2.64. The molecule has 1 unspecified atom stereocenters. The summed E-state index contributed by atoms with van der Waals surface area (Å²) in [5, 5.41) is 4.69. The van der Waals surface area contributed by atoms with Crippen LogP contribution in [0.15, 0.2) is 0 Å². The van der Waals surface area contributed by atoms with Crippen LogP contribution in [0.1, 0.15) is 36.4 Å². The number of aromatic nitrogens is 1. The van der Waals surface area contributed by atoms with Crippen molar-refractivity contribution in [2.24, 2.45) is 0 Å². The molecule has 106 valence electrons. The molecule has 2 heterocycles. The molecule has 3 rings (SSSR count). The van der Waals surface area contributed by atoms with Crippen LogP contribution in [0.4, 0.5) is 5.13 Å². The van der Waals surface area contributed by atoms with E-state index in [1.165, 1.54) is 54.6 Å². The van der Waals surface area contributed by atoms with Gasteiger partial charge in [0.1, 0.15) is 0 Å². The van der Waals surface area contributed by atoms with Gasteiger partial charge in [-0.15, -0.1) is 0 Å². The Labute approximate surface area is 119 Å². The third-order valence-corrected chi connectivity index (χ3v) is 5.65. The number of hydrogen-bond acceptors (Lipinski definition) is 5. The Morgan fingerprint density at radius 3 is 2.79 bits per heavy atom. The fourth-order valence-electron chi connectivity index (χ4n) is 3.07. The monoisotopic (exact) mass is 280 g/mol. The van der Waals surface area contributed by atoms with Crippen LogP contribution in [0.3, 0.4) is 0 Å². The van der Waals surface area contributed by atoms with Crippen LogP contribution >= 0.6 is 11.3 Å². The van der Waals surface area contributed by atoms with Gasteiger partial charge in [0.05, 0.1) is 5.69 Å². The second-order valence-corrected chi connectivity index (χ2v) is 6.47. The molecular formula is C14H24N4S. The van der Waals surface area contributed by atoms with E-state index in [2.05, 4.69) is 29.1 Å². The molecule has 0 amide bonds. The van der Waals surface area contributed by atoms with Crippen molar-refractivity contribution in [3.8, 4) is 0 Å². The summed E-state index contributed by atoms with van der Waals surface area (Å²) >= 11 is 1.92. The lowest BCUT2D eigenvalue weighted by molar-refractivity contribution is 0.271. The van der Waals surface area contributed by atoms with Gasteiger partial charge in [-0.1, -0.05) is 18.3 Å². The number of anilines is 1. The third-order valence-electron chi connectivity index (χ3n) is 4.38. The van der Waals surface area contributed by atoms with Crippen LogP contribution in [0.25, 0.3) is 0 Å². The van der Waals surface area contributed by atoms with Crippen molar-refractivity contribution in [2.45, 2.75) is 32.2 Å². The van der Waals surface area contributed by atoms with E-state index in [1.807, 2.05) is 11.3 Å². The zero-order valence-electron chi connectivity index (χ0n) is 12.0. The fourth-order valence-corrected chi connectivity index (χ4v) is 4.38. The minimum atomic E-state index is 0.534. The lowest BCUT2D eigenvalue weighted by Gasteiger charge is -2.33. The molecule has 0 spiro atoms. The smallest absolute Gasteiger partial charge is 0.185 e. The number of aryl methyl sites for hydroxylation is 1. The quantitative estimate of drug-likeness (QED) is 0.916. The van der Waals surface area contributed by atoms with Gasteiger partial charge in [0.15, 0.2) is 5.13 Å². The molecule has 0 bridgehead atoms. The molecule has 1 aromatic rings. The molecule has 0 aromatic carbocycles. The first-order chi connectivity index (χ1) is 9.31. The molecule has 1 fully saturated rings. The van der Waals surface area contributed by atoms with Gasteiger partial charge in [0, 0.05) is 37.1 Å². The van der Waals surface area contributed by atoms with E-state index in [0.29, 0.717) is 6.04 Å². The maximum absolute atomic E-state index is 4.91. The molecule has 1 atom stereocenters. The molecule has 2 aliphatic rings. The summed E-state index contributed by atoms with van der Waals surface area (Å²) < 4.78 is 0. The summed E-state index contributed by atoms with van der Waals surface area (Å²) in [4.78, 5) is 11.4. The summed E-state index contributed by atoms with van der Waals surface area (Å²) in [7, 11) is 2.07. The first-order valence-corrected chi connectivity index (χ1v) is 8.27. The number of piperazine rings is 1. The Morgan fingerprint density at radius 1 is 1.32 bits per heavy atom. The predicted octanol–water partition coefficient (Wildman–Crippen LogP) is 1.88. The van der Waals surface area contributed by atoms with Crippen molar-refractivity contribution >= 4 is 16.5 Å². The van der Waals surface area contributed by atoms with Gasteiger partial charge in [-0.2, -0.15) is 0 Å². The van der Waals surface area contributed by atoms with Crippen LogP contribution in [-0.4, -0.2) is 49.7 Å². The van der Waals surface area contributed by atoms with Crippen molar-refractivity contribution in [1.29, 1.82) is 0 Å². The van der Waals surface area contributed by atoms with E-state index in [0.717, 1.165) is 13.1 Å². The van der Waals surface area contributed by atoms with Crippen molar-refractivity contribution in [1.82, 2.24) is 15.2 Å². The second-order valence-electron chi connectivity index (χ2n) is 5.46. The molecule has 0 radical (unpaired) electrons. The number of hydrogen-bond donors (Lipinski definition) is 1. The van der Waals surface area contributed by atoms with Gasteiger partial charge in [-0.3, -0.25) is 0 Å². The largest absolute Gasteiger partial charge is 0.346 e. The minimum Gasteiger partial charge on any atom is -0.346 e. The minimum absolute atomic E-state index is 0.534. The number of likely N-dealkylation sites (N-methyl/N-ethyl adjacent to an activating group) is 1. The van der Waals surface area contributed by atoms with Crippen molar-refractivity contribution < 1.29 is 0 Å². The van der Waals surface area contributed by atoms with Crippen LogP contribution in [0.2, 0.25) is 0 Å². The Morgan fingerprint density at radius 2 is 2.11 bits per heavy atom. The molecule has 0 saturated carbocycles. The maximum Gasteiger partial charge on any atom is 0.185 e. The highest BCUT2D eigenvalue weighted by molar-refractivity contribution is 7.15. The van der Waals surface area contributed by atoms with Gasteiger partial charge in [-0.25, -0.2) is 4.98 Å². The van der Waals surface area contributed by atoms with Gasteiger partial charge >= 0.3 is 0 Å². The van der Waals surface area contributed by atoms with E-state index in [9.17, 15) is 0 Å². The van der Waals surface area contributed by atoms with E-state index in [1.54, 1.807) is 0 Å². The Hall–Kier alpha value is -0.650. The second kappa shape index (κ2) is 5.77. The van der Waals surface area contributed by atoms with E-state index in [-0.39, 0.29) is 0 Å². The molecule has 5 heteroatoms. The lowest BCUT2D eigenvalue weighted by atomic mass is 9.98. The average Bonchev–Trinajstić information content (AvgIpc) is 2.91. The van der Waals surface area contributed by atoms with Gasteiger partial charge < -0.3 is 15.1 Å². The van der Waals surface area contributed by atoms with Gasteiger partial charge in [0.25, 0.3) is 0 Å². The zero-order valence-corrected chi connectivity index (χ0v) is 12.8. The van der Waals surface area contributed by atoms with Crippen LogP contribution in [0, 0.1) is 0 Å². The molecule has 1 saturated heterocycles. The van der Waals surface area contributed by atoms with Gasteiger partial charge in [-0.05, 0) is 32.9 Å². The van der Waals surface area contributed by atoms with Crippen LogP contribution in [-0.2, 0) is 6.42 Å². The summed E-state index contributed by atoms with van der Waals surface area (Å²) in [6.07, 6.45) is 3.69. The summed E-state index contributed by atoms with van der Waals surface area (Å²) in [6, 6.07) is 0.534. The van der Waals surface area contributed by atoms with Crippen molar-refractivity contribution in [2.75, 3.05) is 44.7 Å². The SMILES string of the molecule is CCN1CCN(c2nc3c(s2)C(NC)CCC3)CC1. The summed E-state index contributed by atoms with van der Waals surface area (Å²) in [5.74, 6) is 0. The maximum atomic E-state index is 4.91. The molecular weight excluding hydrogens is 256 g/mol.